The van der Waals surface area contributed by atoms with Crippen LogP contribution in [0.4, 0.5) is 0 Å². The van der Waals surface area contributed by atoms with Crippen molar-refractivity contribution in [3.8, 4) is 6.07 Å². The van der Waals surface area contributed by atoms with Gasteiger partial charge in [0.1, 0.15) is 0 Å². The summed E-state index contributed by atoms with van der Waals surface area (Å²) in [7, 11) is 0. The van der Waals surface area contributed by atoms with Crippen molar-refractivity contribution >= 4 is 11.4 Å². The zero-order chi connectivity index (χ0) is 14.7. The molecule has 0 amide bonds. The maximum Gasteiger partial charge on any atom is 0.156 e. The van der Waals surface area contributed by atoms with Gasteiger partial charge in [0.15, 0.2) is 5.78 Å². The van der Waals surface area contributed by atoms with E-state index in [4.69, 9.17) is 5.26 Å². The smallest absolute Gasteiger partial charge is 0.156 e. The Morgan fingerprint density at radius 2 is 1.67 bits per heavy atom. The van der Waals surface area contributed by atoms with Crippen molar-refractivity contribution < 1.29 is 4.79 Å². The molecule has 2 aromatic carbocycles. The van der Waals surface area contributed by atoms with Gasteiger partial charge in [-0.05, 0) is 47.2 Å². The summed E-state index contributed by atoms with van der Waals surface area (Å²) in [6.07, 6.45) is 3.18. The van der Waals surface area contributed by atoms with Crippen LogP contribution >= 0.6 is 0 Å². The minimum absolute atomic E-state index is 0.175. The molecule has 102 valence electrons. The Labute approximate surface area is 124 Å². The Kier molecular flexibility index (Phi) is 3.66. The summed E-state index contributed by atoms with van der Waals surface area (Å²) in [6.45, 7) is 0. The second kappa shape index (κ2) is 5.76. The van der Waals surface area contributed by atoms with Crippen LogP contribution in [-0.2, 0) is 4.79 Å². The Bertz CT molecular complexity index is 720. The predicted octanol–water partition coefficient (Wildman–Crippen LogP) is 4.09. The molecule has 0 fully saturated rings. The number of nitriles is 1. The molecule has 0 unspecified atom stereocenters. The van der Waals surface area contributed by atoms with E-state index >= 15 is 0 Å². The summed E-state index contributed by atoms with van der Waals surface area (Å²) in [5, 5.41) is 8.86. The highest BCUT2D eigenvalue weighted by molar-refractivity contribution is 5.99. The highest BCUT2D eigenvalue weighted by Crippen LogP contribution is 2.35. The highest BCUT2D eigenvalue weighted by Gasteiger charge is 2.22. The van der Waals surface area contributed by atoms with Crippen molar-refractivity contribution in [3.63, 3.8) is 0 Å². The molecule has 0 saturated carbocycles. The largest absolute Gasteiger partial charge is 0.295 e. The molecule has 2 nitrogen and oxygen atoms in total. The van der Waals surface area contributed by atoms with Crippen LogP contribution in [0.25, 0.3) is 5.57 Å². The zero-order valence-corrected chi connectivity index (χ0v) is 11.6. The molecule has 0 radical (unpaired) electrons. The van der Waals surface area contributed by atoms with Crippen LogP contribution in [0.1, 0.15) is 35.4 Å². The molecule has 0 N–H and O–H groups in total. The first-order valence-electron chi connectivity index (χ1n) is 7.05. The molecule has 0 saturated heterocycles. The van der Waals surface area contributed by atoms with Gasteiger partial charge < -0.3 is 0 Å². The third-order valence-corrected chi connectivity index (χ3v) is 3.90. The number of hydrogen-bond donors (Lipinski definition) is 0. The molecule has 1 atom stereocenters. The lowest BCUT2D eigenvalue weighted by molar-refractivity contribution is -0.115. The van der Waals surface area contributed by atoms with Gasteiger partial charge in [0.2, 0.25) is 0 Å². The van der Waals surface area contributed by atoms with E-state index in [2.05, 4.69) is 6.07 Å². The standard InChI is InChI=1S/C19H15NO/c20-13-14-6-8-16(9-7-14)18-10-17(11-19(21)12-18)15-4-2-1-3-5-15/h1-9,11,18H,10,12H2/t18-/m1/s1. The first-order chi connectivity index (χ1) is 10.3. The van der Waals surface area contributed by atoms with Gasteiger partial charge in [-0.1, -0.05) is 42.5 Å². The van der Waals surface area contributed by atoms with Crippen LogP contribution in [0.5, 0.6) is 0 Å². The second-order valence-electron chi connectivity index (χ2n) is 5.34. The monoisotopic (exact) mass is 273 g/mol. The van der Waals surface area contributed by atoms with Crippen molar-refractivity contribution in [2.75, 3.05) is 0 Å². The number of rotatable bonds is 2. The van der Waals surface area contributed by atoms with Gasteiger partial charge in [0.25, 0.3) is 0 Å². The Morgan fingerprint density at radius 1 is 0.952 bits per heavy atom. The predicted molar refractivity (Wildman–Crippen MR) is 82.6 cm³/mol. The molecule has 0 aliphatic heterocycles. The number of benzene rings is 2. The van der Waals surface area contributed by atoms with Crippen molar-refractivity contribution in [2.45, 2.75) is 18.8 Å². The molecule has 0 aromatic heterocycles. The summed E-state index contributed by atoms with van der Waals surface area (Å²) in [4.78, 5) is 12.0. The van der Waals surface area contributed by atoms with Crippen LogP contribution < -0.4 is 0 Å². The first kappa shape index (κ1) is 13.3. The molecule has 1 aliphatic rings. The van der Waals surface area contributed by atoms with E-state index in [1.54, 1.807) is 6.08 Å². The molecule has 2 heteroatoms. The van der Waals surface area contributed by atoms with E-state index in [1.807, 2.05) is 54.6 Å². The first-order valence-corrected chi connectivity index (χ1v) is 7.05. The van der Waals surface area contributed by atoms with Crippen molar-refractivity contribution in [2.24, 2.45) is 0 Å². The Balaban J connectivity index is 1.88. The van der Waals surface area contributed by atoms with Gasteiger partial charge in [-0.3, -0.25) is 4.79 Å². The van der Waals surface area contributed by atoms with Crippen LogP contribution in [0.15, 0.2) is 60.7 Å². The number of hydrogen-bond acceptors (Lipinski definition) is 2. The van der Waals surface area contributed by atoms with Crippen LogP contribution in [0.2, 0.25) is 0 Å². The summed E-state index contributed by atoms with van der Waals surface area (Å²) in [6, 6.07) is 19.7. The van der Waals surface area contributed by atoms with Crippen LogP contribution in [0, 0.1) is 11.3 Å². The van der Waals surface area contributed by atoms with E-state index in [0.717, 1.165) is 23.1 Å². The maximum absolute atomic E-state index is 12.0. The average Bonchev–Trinajstić information content (AvgIpc) is 2.55. The van der Waals surface area contributed by atoms with Crippen LogP contribution in [0.3, 0.4) is 0 Å². The molecule has 2 aromatic rings. The lowest BCUT2D eigenvalue weighted by atomic mass is 9.81. The fraction of sp³-hybridized carbons (Fsp3) is 0.158. The van der Waals surface area contributed by atoms with Gasteiger partial charge in [0, 0.05) is 6.42 Å². The lowest BCUT2D eigenvalue weighted by Crippen LogP contribution is -2.12. The molecule has 0 bridgehead atoms. The average molecular weight is 273 g/mol. The topological polar surface area (TPSA) is 40.9 Å². The van der Waals surface area contributed by atoms with E-state index in [9.17, 15) is 4.79 Å². The second-order valence-corrected chi connectivity index (χ2v) is 5.34. The van der Waals surface area contributed by atoms with Crippen molar-refractivity contribution in [1.82, 2.24) is 0 Å². The van der Waals surface area contributed by atoms with Crippen LogP contribution in [-0.4, -0.2) is 5.78 Å². The van der Waals surface area contributed by atoms with Crippen molar-refractivity contribution in [1.29, 1.82) is 5.26 Å². The Hall–Kier alpha value is -2.66. The van der Waals surface area contributed by atoms with Crippen molar-refractivity contribution in [3.05, 3.63) is 77.4 Å². The minimum Gasteiger partial charge on any atom is -0.295 e. The quantitative estimate of drug-likeness (QED) is 0.827. The number of carbonyl (C=O) groups excluding carboxylic acids is 1. The number of carbonyl (C=O) groups is 1. The molecular formula is C19H15NO. The minimum atomic E-state index is 0.175. The number of nitrogens with zero attached hydrogens (tertiary/aromatic N) is 1. The molecule has 0 heterocycles. The Morgan fingerprint density at radius 3 is 2.33 bits per heavy atom. The SMILES string of the molecule is N#Cc1ccc([C@H]2CC(=O)C=C(c3ccccc3)C2)cc1. The molecular weight excluding hydrogens is 258 g/mol. The molecule has 3 rings (SSSR count). The third-order valence-electron chi connectivity index (χ3n) is 3.90. The highest BCUT2D eigenvalue weighted by atomic mass is 16.1. The zero-order valence-electron chi connectivity index (χ0n) is 11.6. The molecule has 0 spiro atoms. The third kappa shape index (κ3) is 2.93. The van der Waals surface area contributed by atoms with E-state index in [0.29, 0.717) is 12.0 Å². The van der Waals surface area contributed by atoms with E-state index < -0.39 is 0 Å². The lowest BCUT2D eigenvalue weighted by Gasteiger charge is -2.22. The molecule has 21 heavy (non-hydrogen) atoms. The number of ketones is 1. The number of allylic oxidation sites excluding steroid dienone is 2. The normalized spacial score (nSPS) is 18.0. The van der Waals surface area contributed by atoms with Gasteiger partial charge in [-0.25, -0.2) is 0 Å². The summed E-state index contributed by atoms with van der Waals surface area (Å²) >= 11 is 0. The van der Waals surface area contributed by atoms with Gasteiger partial charge >= 0.3 is 0 Å². The summed E-state index contributed by atoms with van der Waals surface area (Å²) < 4.78 is 0. The summed E-state index contributed by atoms with van der Waals surface area (Å²) in [5.74, 6) is 0.375. The van der Waals surface area contributed by atoms with Gasteiger partial charge in [-0.2, -0.15) is 5.26 Å². The van der Waals surface area contributed by atoms with E-state index in [1.165, 1.54) is 0 Å². The maximum atomic E-state index is 12.0. The van der Waals surface area contributed by atoms with Gasteiger partial charge in [-0.15, -0.1) is 0 Å². The fourth-order valence-corrected chi connectivity index (χ4v) is 2.81. The summed E-state index contributed by atoms with van der Waals surface area (Å²) in [5.41, 5.74) is 3.99. The fourth-order valence-electron chi connectivity index (χ4n) is 2.81. The molecule has 1 aliphatic carbocycles. The van der Waals surface area contributed by atoms with Gasteiger partial charge in [0.05, 0.1) is 11.6 Å². The van der Waals surface area contributed by atoms with E-state index in [-0.39, 0.29) is 11.7 Å².